The van der Waals surface area contributed by atoms with Crippen LogP contribution in [0.15, 0.2) is 48.5 Å². The highest BCUT2D eigenvalue weighted by Gasteiger charge is 2.34. The standard InChI is InChI=1S/C21H23F3N2O2/c1-16-5-4-7-18(13-16)28-15-20(27)26-11-9-25(10-12-26)14-17-6-2-3-8-19(17)21(22,23)24/h2-8,13H,9-12,14-15H2,1H3/p+1. The Balaban J connectivity index is 1.50. The molecule has 150 valence electrons. The molecular formula is C21H24F3N2O2+. The zero-order chi connectivity index (χ0) is 20.1. The minimum atomic E-state index is -4.35. The molecule has 0 aromatic heterocycles. The van der Waals surface area contributed by atoms with Crippen molar-refractivity contribution in [2.24, 2.45) is 0 Å². The molecule has 3 rings (SSSR count). The molecule has 1 amide bonds. The topological polar surface area (TPSA) is 34.0 Å². The molecule has 1 N–H and O–H groups in total. The summed E-state index contributed by atoms with van der Waals surface area (Å²) in [6.45, 7) is 4.48. The lowest BCUT2D eigenvalue weighted by Crippen LogP contribution is -3.13. The van der Waals surface area contributed by atoms with Crippen LogP contribution in [0, 0.1) is 6.92 Å². The van der Waals surface area contributed by atoms with E-state index in [2.05, 4.69) is 0 Å². The molecule has 1 aliphatic rings. The lowest BCUT2D eigenvalue weighted by molar-refractivity contribution is -0.917. The van der Waals surface area contributed by atoms with Crippen LogP contribution in [-0.2, 0) is 17.5 Å². The Morgan fingerprint density at radius 2 is 1.82 bits per heavy atom. The van der Waals surface area contributed by atoms with Crippen molar-refractivity contribution >= 4 is 5.91 Å². The van der Waals surface area contributed by atoms with Crippen molar-refractivity contribution in [3.8, 4) is 5.75 Å². The fourth-order valence-corrected chi connectivity index (χ4v) is 3.41. The molecule has 0 aliphatic carbocycles. The highest BCUT2D eigenvalue weighted by Crippen LogP contribution is 2.31. The number of hydrogen-bond acceptors (Lipinski definition) is 2. The summed E-state index contributed by atoms with van der Waals surface area (Å²) in [6, 6.07) is 13.2. The predicted molar refractivity (Wildman–Crippen MR) is 99.1 cm³/mol. The fraction of sp³-hybridized carbons (Fsp3) is 0.381. The van der Waals surface area contributed by atoms with Gasteiger partial charge in [-0.15, -0.1) is 0 Å². The van der Waals surface area contributed by atoms with Gasteiger partial charge in [0, 0.05) is 5.56 Å². The molecule has 0 spiro atoms. The van der Waals surface area contributed by atoms with Crippen molar-refractivity contribution in [1.29, 1.82) is 0 Å². The molecule has 0 saturated carbocycles. The molecule has 1 aliphatic heterocycles. The van der Waals surface area contributed by atoms with Crippen molar-refractivity contribution in [3.05, 3.63) is 65.2 Å². The van der Waals surface area contributed by atoms with E-state index in [4.69, 9.17) is 4.74 Å². The number of rotatable bonds is 5. The van der Waals surface area contributed by atoms with Crippen molar-refractivity contribution < 1.29 is 27.6 Å². The normalized spacial score (nSPS) is 15.5. The summed E-state index contributed by atoms with van der Waals surface area (Å²) in [7, 11) is 0. The number of halogens is 3. The Bertz CT molecular complexity index is 815. The smallest absolute Gasteiger partial charge is 0.416 e. The predicted octanol–water partition coefficient (Wildman–Crippen LogP) is 2.32. The zero-order valence-electron chi connectivity index (χ0n) is 15.8. The summed E-state index contributed by atoms with van der Waals surface area (Å²) in [5.74, 6) is 0.553. The van der Waals surface area contributed by atoms with Crippen LogP contribution in [0.1, 0.15) is 16.7 Å². The van der Waals surface area contributed by atoms with Crippen LogP contribution < -0.4 is 9.64 Å². The molecule has 2 aromatic rings. The lowest BCUT2D eigenvalue weighted by Gasteiger charge is -2.32. The highest BCUT2D eigenvalue weighted by atomic mass is 19.4. The number of quaternary nitrogens is 1. The second-order valence-electron chi connectivity index (χ2n) is 7.07. The molecule has 1 heterocycles. The van der Waals surface area contributed by atoms with Gasteiger partial charge in [-0.2, -0.15) is 13.2 Å². The van der Waals surface area contributed by atoms with Gasteiger partial charge in [-0.25, -0.2) is 0 Å². The molecule has 0 atom stereocenters. The van der Waals surface area contributed by atoms with E-state index < -0.39 is 11.7 Å². The average Bonchev–Trinajstić information content (AvgIpc) is 2.66. The second kappa shape index (κ2) is 8.65. The minimum Gasteiger partial charge on any atom is -0.484 e. The highest BCUT2D eigenvalue weighted by molar-refractivity contribution is 5.77. The number of carbonyl (C=O) groups excluding carboxylic acids is 1. The molecule has 7 heteroatoms. The summed E-state index contributed by atoms with van der Waals surface area (Å²) in [5, 5.41) is 0. The van der Waals surface area contributed by atoms with Crippen molar-refractivity contribution in [2.45, 2.75) is 19.6 Å². The summed E-state index contributed by atoms with van der Waals surface area (Å²) >= 11 is 0. The Kier molecular flexibility index (Phi) is 6.24. The number of nitrogens with zero attached hydrogens (tertiary/aromatic N) is 1. The van der Waals surface area contributed by atoms with Gasteiger partial charge in [0.1, 0.15) is 12.3 Å². The number of alkyl halides is 3. The Labute approximate surface area is 162 Å². The number of benzene rings is 2. The fourth-order valence-electron chi connectivity index (χ4n) is 3.41. The maximum absolute atomic E-state index is 13.1. The third-order valence-corrected chi connectivity index (χ3v) is 4.94. The molecule has 1 fully saturated rings. The first-order valence-electron chi connectivity index (χ1n) is 9.29. The van der Waals surface area contributed by atoms with Crippen molar-refractivity contribution in [3.63, 3.8) is 0 Å². The van der Waals surface area contributed by atoms with E-state index in [1.54, 1.807) is 17.0 Å². The number of carbonyl (C=O) groups is 1. The number of ether oxygens (including phenoxy) is 1. The van der Waals surface area contributed by atoms with Gasteiger partial charge in [-0.05, 0) is 30.7 Å². The zero-order valence-corrected chi connectivity index (χ0v) is 15.8. The van der Waals surface area contributed by atoms with Gasteiger partial charge in [0.15, 0.2) is 6.61 Å². The third-order valence-electron chi connectivity index (χ3n) is 4.94. The Morgan fingerprint density at radius 1 is 1.11 bits per heavy atom. The summed E-state index contributed by atoms with van der Waals surface area (Å²) in [5.41, 5.74) is 0.779. The van der Waals surface area contributed by atoms with E-state index in [0.717, 1.165) is 16.5 Å². The van der Waals surface area contributed by atoms with Gasteiger partial charge in [0.2, 0.25) is 0 Å². The molecule has 2 aromatic carbocycles. The summed E-state index contributed by atoms with van der Waals surface area (Å²) < 4.78 is 45.0. The van der Waals surface area contributed by atoms with Crippen LogP contribution in [0.25, 0.3) is 0 Å². The first-order chi connectivity index (χ1) is 13.3. The molecule has 1 saturated heterocycles. The summed E-state index contributed by atoms with van der Waals surface area (Å²) in [6.07, 6.45) is -4.35. The molecule has 4 nitrogen and oxygen atoms in total. The van der Waals surface area contributed by atoms with Gasteiger partial charge in [0.25, 0.3) is 5.91 Å². The van der Waals surface area contributed by atoms with Crippen LogP contribution in [0.5, 0.6) is 5.75 Å². The monoisotopic (exact) mass is 393 g/mol. The maximum atomic E-state index is 13.1. The van der Waals surface area contributed by atoms with E-state index in [1.165, 1.54) is 12.1 Å². The number of piperazine rings is 1. The molecular weight excluding hydrogens is 369 g/mol. The van der Waals surface area contributed by atoms with E-state index in [9.17, 15) is 18.0 Å². The lowest BCUT2D eigenvalue weighted by atomic mass is 10.1. The van der Waals surface area contributed by atoms with Crippen LogP contribution in [0.4, 0.5) is 13.2 Å². The van der Waals surface area contributed by atoms with Crippen LogP contribution in [0.2, 0.25) is 0 Å². The van der Waals surface area contributed by atoms with Crippen LogP contribution in [-0.4, -0.2) is 43.6 Å². The Hall–Kier alpha value is -2.54. The third kappa shape index (κ3) is 5.25. The van der Waals surface area contributed by atoms with Crippen molar-refractivity contribution in [1.82, 2.24) is 4.90 Å². The average molecular weight is 393 g/mol. The van der Waals surface area contributed by atoms with E-state index in [-0.39, 0.29) is 12.5 Å². The molecule has 0 bridgehead atoms. The van der Waals surface area contributed by atoms with E-state index in [0.29, 0.717) is 44.0 Å². The number of aryl methyl sites for hydroxylation is 1. The first-order valence-corrected chi connectivity index (χ1v) is 9.29. The quantitative estimate of drug-likeness (QED) is 0.846. The van der Waals surface area contributed by atoms with Crippen LogP contribution in [0.3, 0.4) is 0 Å². The summed E-state index contributed by atoms with van der Waals surface area (Å²) in [4.78, 5) is 15.1. The number of nitrogens with one attached hydrogen (secondary N) is 1. The Morgan fingerprint density at radius 3 is 2.50 bits per heavy atom. The largest absolute Gasteiger partial charge is 0.484 e. The van der Waals surface area contributed by atoms with Gasteiger partial charge < -0.3 is 14.5 Å². The maximum Gasteiger partial charge on any atom is 0.416 e. The van der Waals surface area contributed by atoms with E-state index in [1.807, 2.05) is 25.1 Å². The SMILES string of the molecule is Cc1cccc(OCC(=O)N2CC[NH+](Cc3ccccc3C(F)(F)F)CC2)c1. The van der Waals surface area contributed by atoms with Gasteiger partial charge >= 0.3 is 6.18 Å². The van der Waals surface area contributed by atoms with Crippen molar-refractivity contribution in [2.75, 3.05) is 32.8 Å². The molecule has 0 radical (unpaired) electrons. The van der Waals surface area contributed by atoms with E-state index >= 15 is 0 Å². The minimum absolute atomic E-state index is 0.0320. The van der Waals surface area contributed by atoms with Gasteiger partial charge in [-0.3, -0.25) is 4.79 Å². The molecule has 0 unspecified atom stereocenters. The van der Waals surface area contributed by atoms with Gasteiger partial charge in [0.05, 0.1) is 31.7 Å². The second-order valence-corrected chi connectivity index (χ2v) is 7.07. The number of amides is 1. The van der Waals surface area contributed by atoms with Crippen LogP contribution >= 0.6 is 0 Å². The molecule has 28 heavy (non-hydrogen) atoms. The first kappa shape index (κ1) is 20.2. The number of hydrogen-bond donors (Lipinski definition) is 1. The van der Waals surface area contributed by atoms with Gasteiger partial charge in [-0.1, -0.05) is 30.3 Å².